The highest BCUT2D eigenvalue weighted by molar-refractivity contribution is 7.10. The summed E-state index contributed by atoms with van der Waals surface area (Å²) in [5.74, 6) is 0.980. The molecule has 0 saturated carbocycles. The Labute approximate surface area is 87.6 Å². The summed E-state index contributed by atoms with van der Waals surface area (Å²) < 4.78 is 5.24. The minimum Gasteiger partial charge on any atom is -0.468 e. The lowest BCUT2D eigenvalue weighted by Crippen LogP contribution is -2.16. The molecule has 2 aromatic rings. The molecule has 0 aliphatic rings. The Kier molecular flexibility index (Phi) is 3.01. The maximum absolute atomic E-state index is 5.24. The van der Waals surface area contributed by atoms with Crippen molar-refractivity contribution in [1.29, 1.82) is 0 Å². The third kappa shape index (κ3) is 2.25. The van der Waals surface area contributed by atoms with Crippen molar-refractivity contribution in [3.8, 4) is 0 Å². The van der Waals surface area contributed by atoms with Gasteiger partial charge in [0.05, 0.1) is 12.8 Å². The van der Waals surface area contributed by atoms with Crippen molar-refractivity contribution >= 4 is 11.3 Å². The van der Waals surface area contributed by atoms with Gasteiger partial charge in [-0.15, -0.1) is 11.3 Å². The van der Waals surface area contributed by atoms with Crippen molar-refractivity contribution in [2.24, 2.45) is 0 Å². The smallest absolute Gasteiger partial charge is 0.117 e. The molecule has 2 aromatic heterocycles. The lowest BCUT2D eigenvalue weighted by molar-refractivity contribution is 0.462. The highest BCUT2D eigenvalue weighted by Crippen LogP contribution is 2.18. The van der Waals surface area contributed by atoms with Gasteiger partial charge in [-0.25, -0.2) is 0 Å². The number of thiophene rings is 1. The van der Waals surface area contributed by atoms with Gasteiger partial charge in [0, 0.05) is 10.9 Å². The number of rotatable bonds is 4. The Morgan fingerprint density at radius 3 is 3.00 bits per heavy atom. The Hall–Kier alpha value is -1.06. The van der Waals surface area contributed by atoms with Crippen LogP contribution in [0.4, 0.5) is 0 Å². The second-order valence-electron chi connectivity index (χ2n) is 3.20. The van der Waals surface area contributed by atoms with E-state index in [1.807, 2.05) is 12.1 Å². The van der Waals surface area contributed by atoms with E-state index in [0.717, 1.165) is 12.3 Å². The number of furan rings is 1. The third-order valence-electron chi connectivity index (χ3n) is 2.13. The average Bonchev–Trinajstić information content (AvgIpc) is 2.87. The third-order valence-corrected chi connectivity index (χ3v) is 3.19. The molecule has 0 unspecified atom stereocenters. The van der Waals surface area contributed by atoms with E-state index >= 15 is 0 Å². The summed E-state index contributed by atoms with van der Waals surface area (Å²) in [4.78, 5) is 1.36. The molecule has 2 heterocycles. The first-order valence-electron chi connectivity index (χ1n) is 4.65. The van der Waals surface area contributed by atoms with Crippen molar-refractivity contribution < 1.29 is 4.42 Å². The molecule has 3 heteroatoms. The van der Waals surface area contributed by atoms with Crippen molar-refractivity contribution in [3.05, 3.63) is 46.5 Å². The first-order valence-corrected chi connectivity index (χ1v) is 5.53. The number of hydrogen-bond acceptors (Lipinski definition) is 3. The van der Waals surface area contributed by atoms with E-state index in [9.17, 15) is 0 Å². The maximum Gasteiger partial charge on any atom is 0.117 e. The van der Waals surface area contributed by atoms with Crippen LogP contribution in [0, 0.1) is 0 Å². The monoisotopic (exact) mass is 207 g/mol. The molecule has 0 aliphatic heterocycles. The molecule has 0 aliphatic carbocycles. The van der Waals surface area contributed by atoms with E-state index in [2.05, 4.69) is 29.8 Å². The quantitative estimate of drug-likeness (QED) is 0.833. The first-order chi connectivity index (χ1) is 6.86. The van der Waals surface area contributed by atoms with Crippen molar-refractivity contribution in [3.63, 3.8) is 0 Å². The van der Waals surface area contributed by atoms with Gasteiger partial charge in [-0.2, -0.15) is 0 Å². The molecule has 0 spiro atoms. The van der Waals surface area contributed by atoms with Crippen LogP contribution < -0.4 is 5.32 Å². The second kappa shape index (κ2) is 4.44. The molecule has 0 amide bonds. The van der Waals surface area contributed by atoms with Gasteiger partial charge < -0.3 is 9.73 Å². The summed E-state index contributed by atoms with van der Waals surface area (Å²) in [5.41, 5.74) is 0. The van der Waals surface area contributed by atoms with Crippen LogP contribution in [-0.2, 0) is 6.54 Å². The second-order valence-corrected chi connectivity index (χ2v) is 4.18. The number of nitrogens with one attached hydrogen (secondary N) is 1. The molecule has 0 bridgehead atoms. The minimum absolute atomic E-state index is 0.389. The molecule has 0 fully saturated rings. The lowest BCUT2D eigenvalue weighted by Gasteiger charge is -2.10. The van der Waals surface area contributed by atoms with E-state index in [1.54, 1.807) is 17.6 Å². The highest BCUT2D eigenvalue weighted by atomic mass is 32.1. The van der Waals surface area contributed by atoms with Crippen LogP contribution in [-0.4, -0.2) is 0 Å². The van der Waals surface area contributed by atoms with Gasteiger partial charge in [0.15, 0.2) is 0 Å². The van der Waals surface area contributed by atoms with Gasteiger partial charge in [-0.05, 0) is 30.5 Å². The maximum atomic E-state index is 5.24. The van der Waals surface area contributed by atoms with E-state index in [4.69, 9.17) is 4.42 Å². The highest BCUT2D eigenvalue weighted by Gasteiger charge is 2.05. The van der Waals surface area contributed by atoms with E-state index < -0.39 is 0 Å². The molecule has 2 nitrogen and oxygen atoms in total. The topological polar surface area (TPSA) is 25.2 Å². The van der Waals surface area contributed by atoms with Gasteiger partial charge in [0.1, 0.15) is 5.76 Å². The fourth-order valence-corrected chi connectivity index (χ4v) is 2.06. The van der Waals surface area contributed by atoms with Crippen LogP contribution in [0.3, 0.4) is 0 Å². The van der Waals surface area contributed by atoms with Crippen LogP contribution in [0.25, 0.3) is 0 Å². The zero-order valence-corrected chi connectivity index (χ0v) is 8.88. The van der Waals surface area contributed by atoms with E-state index in [-0.39, 0.29) is 0 Å². The predicted octanol–water partition coefficient (Wildman–Crippen LogP) is 3.19. The summed E-state index contributed by atoms with van der Waals surface area (Å²) in [6.07, 6.45) is 1.70. The zero-order chi connectivity index (χ0) is 9.80. The Morgan fingerprint density at radius 2 is 2.36 bits per heavy atom. The van der Waals surface area contributed by atoms with Crippen LogP contribution in [0.15, 0.2) is 40.3 Å². The van der Waals surface area contributed by atoms with Crippen LogP contribution in [0.2, 0.25) is 0 Å². The van der Waals surface area contributed by atoms with Gasteiger partial charge in [0.2, 0.25) is 0 Å². The standard InChI is InChI=1S/C11H13NOS/c1-9(11-5-3-7-14-11)12-8-10-4-2-6-13-10/h2-7,9,12H,8H2,1H3/t9-/m0/s1. The molecule has 14 heavy (non-hydrogen) atoms. The summed E-state index contributed by atoms with van der Waals surface area (Å²) in [6, 6.07) is 8.50. The summed E-state index contributed by atoms with van der Waals surface area (Å²) in [7, 11) is 0. The van der Waals surface area contributed by atoms with Crippen LogP contribution in [0.5, 0.6) is 0 Å². The number of hydrogen-bond donors (Lipinski definition) is 1. The van der Waals surface area contributed by atoms with Crippen LogP contribution in [0.1, 0.15) is 23.6 Å². The largest absolute Gasteiger partial charge is 0.468 e. The van der Waals surface area contributed by atoms with Crippen molar-refractivity contribution in [2.75, 3.05) is 0 Å². The minimum atomic E-state index is 0.389. The van der Waals surface area contributed by atoms with Crippen LogP contribution >= 0.6 is 11.3 Å². The molecule has 74 valence electrons. The van der Waals surface area contributed by atoms with Crippen molar-refractivity contribution in [2.45, 2.75) is 19.5 Å². The molecule has 2 rings (SSSR count). The van der Waals surface area contributed by atoms with Gasteiger partial charge in [0.25, 0.3) is 0 Å². The molecule has 0 radical (unpaired) electrons. The molecular formula is C11H13NOS. The van der Waals surface area contributed by atoms with Gasteiger partial charge >= 0.3 is 0 Å². The summed E-state index contributed by atoms with van der Waals surface area (Å²) in [6.45, 7) is 2.95. The predicted molar refractivity (Wildman–Crippen MR) is 58.3 cm³/mol. The summed E-state index contributed by atoms with van der Waals surface area (Å²) >= 11 is 1.78. The SMILES string of the molecule is C[C@H](NCc1ccco1)c1cccs1. The van der Waals surface area contributed by atoms with Crippen molar-refractivity contribution in [1.82, 2.24) is 5.32 Å². The fourth-order valence-electron chi connectivity index (χ4n) is 1.31. The van der Waals surface area contributed by atoms with Gasteiger partial charge in [-0.1, -0.05) is 6.07 Å². The molecule has 1 atom stereocenters. The first kappa shape index (κ1) is 9.49. The molecule has 0 aromatic carbocycles. The van der Waals surface area contributed by atoms with E-state index in [0.29, 0.717) is 6.04 Å². The Balaban J connectivity index is 1.87. The fraction of sp³-hybridized carbons (Fsp3) is 0.273. The van der Waals surface area contributed by atoms with E-state index in [1.165, 1.54) is 4.88 Å². The molecule has 1 N–H and O–H groups in total. The Morgan fingerprint density at radius 1 is 1.43 bits per heavy atom. The van der Waals surface area contributed by atoms with Gasteiger partial charge in [-0.3, -0.25) is 0 Å². The normalized spacial score (nSPS) is 12.9. The lowest BCUT2D eigenvalue weighted by atomic mass is 10.2. The zero-order valence-electron chi connectivity index (χ0n) is 8.07. The molecular weight excluding hydrogens is 194 g/mol. The average molecular weight is 207 g/mol. The summed E-state index contributed by atoms with van der Waals surface area (Å²) in [5, 5.41) is 5.50. The molecule has 0 saturated heterocycles. The Bertz CT molecular complexity index is 353.